The summed E-state index contributed by atoms with van der Waals surface area (Å²) in [7, 11) is 0. The molecule has 0 unspecified atom stereocenters. The molecule has 4 heteroatoms. The minimum Gasteiger partial charge on any atom is -0.457 e. The summed E-state index contributed by atoms with van der Waals surface area (Å²) >= 11 is 6.48. The van der Waals surface area contributed by atoms with Gasteiger partial charge in [0.1, 0.15) is 28.0 Å². The minimum atomic E-state index is 0.613. The lowest BCUT2D eigenvalue weighted by molar-refractivity contribution is 0.479. The number of pyridine rings is 1. The molecule has 0 saturated heterocycles. The van der Waals surface area contributed by atoms with Crippen molar-refractivity contribution in [1.29, 1.82) is 0 Å². The summed E-state index contributed by atoms with van der Waals surface area (Å²) in [6.45, 7) is 2.02. The molecular formula is C20H15ClN2O. The zero-order chi connectivity index (χ0) is 16.5. The fraction of sp³-hybridized carbons (Fsp3) is 0.0500. The summed E-state index contributed by atoms with van der Waals surface area (Å²) in [6, 6.07) is 21.6. The molecule has 0 saturated carbocycles. The first-order chi connectivity index (χ1) is 11.7. The smallest absolute Gasteiger partial charge is 0.141 e. The lowest BCUT2D eigenvalue weighted by Crippen LogP contribution is -1.89. The molecular weight excluding hydrogens is 320 g/mol. The van der Waals surface area contributed by atoms with Gasteiger partial charge in [0.05, 0.1) is 0 Å². The Hall–Kier alpha value is -2.78. The molecule has 0 bridgehead atoms. The van der Waals surface area contributed by atoms with Gasteiger partial charge in [-0.3, -0.25) is 4.40 Å². The van der Waals surface area contributed by atoms with Crippen LogP contribution in [-0.2, 0) is 0 Å². The molecule has 0 aliphatic carbocycles. The summed E-state index contributed by atoms with van der Waals surface area (Å²) in [5.74, 6) is 1.64. The molecule has 3 nitrogen and oxygen atoms in total. The Balaban J connectivity index is 1.72. The van der Waals surface area contributed by atoms with Gasteiger partial charge in [-0.1, -0.05) is 35.9 Å². The highest BCUT2D eigenvalue weighted by molar-refractivity contribution is 6.32. The Morgan fingerprint density at radius 2 is 1.75 bits per heavy atom. The van der Waals surface area contributed by atoms with E-state index in [0.717, 1.165) is 34.0 Å². The Morgan fingerprint density at radius 3 is 2.50 bits per heavy atom. The van der Waals surface area contributed by atoms with E-state index >= 15 is 0 Å². The maximum atomic E-state index is 6.48. The van der Waals surface area contributed by atoms with E-state index in [1.54, 1.807) is 0 Å². The van der Waals surface area contributed by atoms with Gasteiger partial charge in [-0.05, 0) is 55.0 Å². The number of hydrogen-bond donors (Lipinski definition) is 0. The predicted octanol–water partition coefficient (Wildman–Crippen LogP) is 5.76. The molecule has 0 N–H and O–H groups in total. The van der Waals surface area contributed by atoms with Crippen LogP contribution in [0.4, 0.5) is 0 Å². The standard InChI is InChI=1S/C20H15ClN2O/c1-14-13-15(10-11-17(14)24-16-7-3-2-4-8-16)19-20(21)23-12-6-5-9-18(23)22-19/h2-13H,1H3. The van der Waals surface area contributed by atoms with E-state index in [0.29, 0.717) is 5.15 Å². The second-order valence-electron chi connectivity index (χ2n) is 5.58. The number of hydrogen-bond acceptors (Lipinski definition) is 2. The summed E-state index contributed by atoms with van der Waals surface area (Å²) in [5.41, 5.74) is 3.61. The molecule has 118 valence electrons. The Kier molecular flexibility index (Phi) is 3.71. The highest BCUT2D eigenvalue weighted by Crippen LogP contribution is 2.32. The van der Waals surface area contributed by atoms with Crippen molar-refractivity contribution < 1.29 is 4.74 Å². The number of rotatable bonds is 3. The van der Waals surface area contributed by atoms with Crippen molar-refractivity contribution >= 4 is 17.2 Å². The first-order valence-corrected chi connectivity index (χ1v) is 8.07. The molecule has 4 rings (SSSR count). The highest BCUT2D eigenvalue weighted by atomic mass is 35.5. The Morgan fingerprint density at radius 1 is 0.958 bits per heavy atom. The lowest BCUT2D eigenvalue weighted by atomic mass is 10.1. The van der Waals surface area contributed by atoms with E-state index in [1.807, 2.05) is 84.3 Å². The minimum absolute atomic E-state index is 0.613. The van der Waals surface area contributed by atoms with Gasteiger partial charge in [0, 0.05) is 11.8 Å². The molecule has 2 aromatic heterocycles. The van der Waals surface area contributed by atoms with Crippen LogP contribution in [0, 0.1) is 6.92 Å². The topological polar surface area (TPSA) is 26.5 Å². The number of imidazole rings is 1. The van der Waals surface area contributed by atoms with E-state index in [4.69, 9.17) is 16.3 Å². The summed E-state index contributed by atoms with van der Waals surface area (Å²) in [6.07, 6.45) is 1.91. The number of benzene rings is 2. The van der Waals surface area contributed by atoms with Crippen LogP contribution in [0.3, 0.4) is 0 Å². The maximum absolute atomic E-state index is 6.48. The van der Waals surface area contributed by atoms with Gasteiger partial charge >= 0.3 is 0 Å². The monoisotopic (exact) mass is 334 g/mol. The van der Waals surface area contributed by atoms with E-state index in [1.165, 1.54) is 0 Å². The van der Waals surface area contributed by atoms with Crippen molar-refractivity contribution in [2.75, 3.05) is 0 Å². The second kappa shape index (κ2) is 6.02. The number of aryl methyl sites for hydroxylation is 1. The van der Waals surface area contributed by atoms with Crippen LogP contribution in [0.2, 0.25) is 5.15 Å². The molecule has 0 aliphatic heterocycles. The van der Waals surface area contributed by atoms with E-state index in [-0.39, 0.29) is 0 Å². The third-order valence-corrected chi connectivity index (χ3v) is 4.25. The van der Waals surface area contributed by atoms with Crippen LogP contribution >= 0.6 is 11.6 Å². The molecule has 0 aliphatic rings. The van der Waals surface area contributed by atoms with E-state index in [2.05, 4.69) is 4.98 Å². The Bertz CT molecular complexity index is 1010. The largest absolute Gasteiger partial charge is 0.457 e. The van der Waals surface area contributed by atoms with Crippen LogP contribution < -0.4 is 4.74 Å². The SMILES string of the molecule is Cc1cc(-c2nc3ccccn3c2Cl)ccc1Oc1ccccc1. The fourth-order valence-corrected chi connectivity index (χ4v) is 2.97. The van der Waals surface area contributed by atoms with Gasteiger partial charge in [0.2, 0.25) is 0 Å². The molecule has 24 heavy (non-hydrogen) atoms. The van der Waals surface area contributed by atoms with Gasteiger partial charge < -0.3 is 4.74 Å². The van der Waals surface area contributed by atoms with E-state index < -0.39 is 0 Å². The van der Waals surface area contributed by atoms with Gasteiger partial charge in [-0.15, -0.1) is 0 Å². The van der Waals surface area contributed by atoms with Crippen molar-refractivity contribution in [1.82, 2.24) is 9.38 Å². The van der Waals surface area contributed by atoms with Crippen LogP contribution in [0.1, 0.15) is 5.56 Å². The van der Waals surface area contributed by atoms with Crippen molar-refractivity contribution in [2.24, 2.45) is 0 Å². The normalized spacial score (nSPS) is 10.9. The van der Waals surface area contributed by atoms with Gasteiger partial charge in [-0.25, -0.2) is 4.98 Å². The third kappa shape index (κ3) is 2.63. The van der Waals surface area contributed by atoms with Crippen molar-refractivity contribution in [3.05, 3.63) is 83.6 Å². The van der Waals surface area contributed by atoms with E-state index in [9.17, 15) is 0 Å². The molecule has 0 fully saturated rings. The maximum Gasteiger partial charge on any atom is 0.141 e. The van der Waals surface area contributed by atoms with Crippen molar-refractivity contribution in [3.8, 4) is 22.8 Å². The van der Waals surface area contributed by atoms with Gasteiger partial charge in [-0.2, -0.15) is 0 Å². The number of nitrogens with zero attached hydrogens (tertiary/aromatic N) is 2. The lowest BCUT2D eigenvalue weighted by Gasteiger charge is -2.09. The second-order valence-corrected chi connectivity index (χ2v) is 5.93. The molecule has 0 atom stereocenters. The third-order valence-electron chi connectivity index (χ3n) is 3.89. The van der Waals surface area contributed by atoms with Gasteiger partial charge in [0.15, 0.2) is 0 Å². The highest BCUT2D eigenvalue weighted by Gasteiger charge is 2.13. The van der Waals surface area contributed by atoms with Crippen LogP contribution in [-0.4, -0.2) is 9.38 Å². The number of fused-ring (bicyclic) bond motifs is 1. The fourth-order valence-electron chi connectivity index (χ4n) is 2.68. The zero-order valence-corrected chi connectivity index (χ0v) is 13.9. The summed E-state index contributed by atoms with van der Waals surface area (Å²) < 4.78 is 7.81. The zero-order valence-electron chi connectivity index (χ0n) is 13.1. The number of aromatic nitrogens is 2. The molecule has 4 aromatic rings. The summed E-state index contributed by atoms with van der Waals surface area (Å²) in [4.78, 5) is 4.63. The number of ether oxygens (including phenoxy) is 1. The molecule has 0 amide bonds. The molecule has 0 spiro atoms. The number of para-hydroxylation sites is 1. The average molecular weight is 335 g/mol. The van der Waals surface area contributed by atoms with Crippen molar-refractivity contribution in [3.63, 3.8) is 0 Å². The molecule has 0 radical (unpaired) electrons. The van der Waals surface area contributed by atoms with Crippen LogP contribution in [0.25, 0.3) is 16.9 Å². The van der Waals surface area contributed by atoms with Gasteiger partial charge in [0.25, 0.3) is 0 Å². The quantitative estimate of drug-likeness (QED) is 0.476. The summed E-state index contributed by atoms with van der Waals surface area (Å²) in [5, 5.41) is 0.613. The first-order valence-electron chi connectivity index (χ1n) is 7.69. The van der Waals surface area contributed by atoms with Crippen LogP contribution in [0.15, 0.2) is 72.9 Å². The predicted molar refractivity (Wildman–Crippen MR) is 96.9 cm³/mol. The first kappa shape index (κ1) is 14.8. The van der Waals surface area contributed by atoms with Crippen molar-refractivity contribution in [2.45, 2.75) is 6.92 Å². The molecule has 2 aromatic carbocycles. The Labute approximate surface area is 145 Å². The van der Waals surface area contributed by atoms with Crippen LogP contribution in [0.5, 0.6) is 11.5 Å². The number of halogens is 1. The molecule has 2 heterocycles. The average Bonchev–Trinajstić information content (AvgIpc) is 2.95.